The van der Waals surface area contributed by atoms with Crippen molar-refractivity contribution in [1.29, 1.82) is 0 Å². The van der Waals surface area contributed by atoms with Gasteiger partial charge in [0, 0.05) is 25.2 Å². The van der Waals surface area contributed by atoms with Gasteiger partial charge in [-0.15, -0.1) is 0 Å². The minimum Gasteiger partial charge on any atom is -0.368 e. The van der Waals surface area contributed by atoms with E-state index < -0.39 is 0 Å². The number of piperidine rings is 1. The van der Waals surface area contributed by atoms with Crippen LogP contribution in [0.2, 0.25) is 5.02 Å². The van der Waals surface area contributed by atoms with Crippen LogP contribution in [0.4, 0.5) is 17.5 Å². The number of hydrogen-bond donors (Lipinski definition) is 3. The van der Waals surface area contributed by atoms with Gasteiger partial charge in [-0.3, -0.25) is 4.99 Å². The van der Waals surface area contributed by atoms with Gasteiger partial charge in [0.25, 0.3) is 0 Å². The Bertz CT molecular complexity index is 940. The Morgan fingerprint density at radius 1 is 1.12 bits per heavy atom. The molecule has 0 atom stereocenters. The fourth-order valence-corrected chi connectivity index (χ4v) is 4.17. The van der Waals surface area contributed by atoms with E-state index in [0.717, 1.165) is 66.9 Å². The maximum Gasteiger partial charge on any atom is 0.227 e. The Hall–Kier alpha value is -2.42. The number of likely N-dealkylation sites (N-methyl/N-ethyl adjacent to an activating group) is 2. The predicted molar refractivity (Wildman–Crippen MR) is 140 cm³/mol. The van der Waals surface area contributed by atoms with Crippen LogP contribution in [-0.2, 0) is 6.54 Å². The summed E-state index contributed by atoms with van der Waals surface area (Å²) < 4.78 is 0. The lowest BCUT2D eigenvalue weighted by atomic mass is 9.85. The smallest absolute Gasteiger partial charge is 0.227 e. The van der Waals surface area contributed by atoms with Crippen LogP contribution in [0.15, 0.2) is 35.5 Å². The van der Waals surface area contributed by atoms with Crippen LogP contribution in [-0.4, -0.2) is 73.6 Å². The zero-order valence-corrected chi connectivity index (χ0v) is 21.2. The molecule has 2 aliphatic heterocycles. The number of fused-ring (bicyclic) bond motifs is 1. The number of nitrogens with one attached hydrogen (secondary N) is 3. The van der Waals surface area contributed by atoms with Gasteiger partial charge in [0.05, 0.1) is 24.0 Å². The number of anilines is 3. The van der Waals surface area contributed by atoms with E-state index in [4.69, 9.17) is 21.6 Å². The van der Waals surface area contributed by atoms with Gasteiger partial charge in [-0.2, -0.15) is 4.98 Å². The monoisotopic (exact) mass is 472 g/mol. The minimum absolute atomic E-state index is 0.238. The number of halogens is 1. The van der Waals surface area contributed by atoms with Crippen molar-refractivity contribution >= 4 is 34.9 Å². The lowest BCUT2D eigenvalue weighted by molar-refractivity contribution is 0.415. The average molecular weight is 473 g/mol. The number of hydrogen-bond acceptors (Lipinski definition) is 7. The van der Waals surface area contributed by atoms with Crippen LogP contribution in [0.1, 0.15) is 32.3 Å². The number of aromatic nitrogens is 2. The average Bonchev–Trinajstić information content (AvgIpc) is 2.83. The van der Waals surface area contributed by atoms with Crippen LogP contribution < -0.4 is 20.9 Å². The first-order valence-corrected chi connectivity index (χ1v) is 12.1. The van der Waals surface area contributed by atoms with Crippen molar-refractivity contribution in [2.75, 3.05) is 62.9 Å². The molecule has 1 fully saturated rings. The van der Waals surface area contributed by atoms with Crippen molar-refractivity contribution in [3.63, 3.8) is 0 Å². The maximum absolute atomic E-state index is 6.16. The summed E-state index contributed by atoms with van der Waals surface area (Å²) in [5.74, 6) is 2.41. The maximum atomic E-state index is 6.16. The van der Waals surface area contributed by atoms with Gasteiger partial charge < -0.3 is 25.8 Å². The first-order valence-electron chi connectivity index (χ1n) is 11.7. The van der Waals surface area contributed by atoms with Crippen LogP contribution >= 0.6 is 11.6 Å². The highest BCUT2D eigenvalue weighted by atomic mass is 35.5. The molecule has 1 aromatic heterocycles. The summed E-state index contributed by atoms with van der Waals surface area (Å²) in [6, 6.07) is 7.86. The molecule has 1 aromatic carbocycles. The van der Waals surface area contributed by atoms with E-state index in [9.17, 15) is 0 Å². The molecule has 8 nitrogen and oxygen atoms in total. The Kier molecular flexibility index (Phi) is 8.88. The number of aliphatic imine (C=N–C) groups is 1. The highest BCUT2D eigenvalue weighted by Gasteiger charge is 2.41. The normalized spacial score (nSPS) is 17.6. The molecule has 2 aromatic rings. The van der Waals surface area contributed by atoms with Crippen molar-refractivity contribution in [3.8, 4) is 0 Å². The van der Waals surface area contributed by atoms with Gasteiger partial charge in [-0.1, -0.05) is 37.6 Å². The first-order chi connectivity index (χ1) is 15.9. The molecular formula is C24H37ClN8. The van der Waals surface area contributed by atoms with Gasteiger partial charge in [0.2, 0.25) is 5.95 Å². The summed E-state index contributed by atoms with van der Waals surface area (Å²) in [5.41, 5.74) is 1.77. The Morgan fingerprint density at radius 2 is 1.88 bits per heavy atom. The molecule has 0 saturated carbocycles. The number of rotatable bonds is 6. The molecule has 1 spiro atoms. The molecule has 0 radical (unpaired) electrons. The minimum atomic E-state index is -0.238. The third-order valence-corrected chi connectivity index (χ3v) is 6.07. The summed E-state index contributed by atoms with van der Waals surface area (Å²) in [7, 11) is 6.15. The summed E-state index contributed by atoms with van der Waals surface area (Å²) in [5, 5.41) is 11.4. The molecule has 2 aliphatic rings. The molecule has 0 aliphatic carbocycles. The number of amidine groups is 1. The second-order valence-corrected chi connectivity index (χ2v) is 8.97. The summed E-state index contributed by atoms with van der Waals surface area (Å²) in [6.07, 6.45) is 3.77. The van der Waals surface area contributed by atoms with Crippen molar-refractivity contribution < 1.29 is 0 Å². The third-order valence-electron chi connectivity index (χ3n) is 5.83. The molecule has 0 unspecified atom stereocenters. The van der Waals surface area contributed by atoms with E-state index in [1.165, 1.54) is 0 Å². The highest BCUT2D eigenvalue weighted by Crippen LogP contribution is 2.35. The molecule has 9 heteroatoms. The molecule has 180 valence electrons. The zero-order chi connectivity index (χ0) is 23.8. The molecule has 0 bridgehead atoms. The van der Waals surface area contributed by atoms with Crippen molar-refractivity contribution in [1.82, 2.24) is 20.2 Å². The van der Waals surface area contributed by atoms with Gasteiger partial charge in [-0.25, -0.2) is 4.98 Å². The van der Waals surface area contributed by atoms with E-state index in [1.54, 1.807) is 0 Å². The van der Waals surface area contributed by atoms with Crippen LogP contribution in [0.25, 0.3) is 0 Å². The van der Waals surface area contributed by atoms with Gasteiger partial charge in [0.1, 0.15) is 5.84 Å². The predicted octanol–water partition coefficient (Wildman–Crippen LogP) is 3.71. The van der Waals surface area contributed by atoms with Gasteiger partial charge in [0.15, 0.2) is 5.82 Å². The lowest BCUT2D eigenvalue weighted by Gasteiger charge is -2.43. The van der Waals surface area contributed by atoms with Crippen molar-refractivity contribution in [2.24, 2.45) is 4.99 Å². The Labute approximate surface area is 202 Å². The molecule has 3 N–H and O–H groups in total. The molecule has 3 heterocycles. The molecule has 0 amide bonds. The fraction of sp³-hybridized carbons (Fsp3) is 0.542. The van der Waals surface area contributed by atoms with Crippen molar-refractivity contribution in [3.05, 3.63) is 41.0 Å². The second kappa shape index (κ2) is 11.6. The van der Waals surface area contributed by atoms with E-state index in [0.29, 0.717) is 12.5 Å². The van der Waals surface area contributed by atoms with E-state index in [-0.39, 0.29) is 5.54 Å². The van der Waals surface area contributed by atoms with E-state index in [1.807, 2.05) is 45.3 Å². The Balaban J connectivity index is 0.00000149. The summed E-state index contributed by atoms with van der Waals surface area (Å²) in [4.78, 5) is 18.6. The van der Waals surface area contributed by atoms with Crippen LogP contribution in [0.5, 0.6) is 0 Å². The summed E-state index contributed by atoms with van der Waals surface area (Å²) in [6.45, 7) is 8.23. The molecule has 4 rings (SSSR count). The topological polar surface area (TPSA) is 80.7 Å². The Morgan fingerprint density at radius 3 is 2.58 bits per heavy atom. The van der Waals surface area contributed by atoms with Gasteiger partial charge in [-0.05, 0) is 57.7 Å². The van der Waals surface area contributed by atoms with Gasteiger partial charge >= 0.3 is 0 Å². The van der Waals surface area contributed by atoms with E-state index >= 15 is 0 Å². The molecule has 33 heavy (non-hydrogen) atoms. The number of benzene rings is 1. The van der Waals surface area contributed by atoms with Crippen LogP contribution in [0.3, 0.4) is 0 Å². The fourth-order valence-electron chi connectivity index (χ4n) is 3.95. The largest absolute Gasteiger partial charge is 0.368 e. The van der Waals surface area contributed by atoms with Crippen molar-refractivity contribution in [2.45, 2.75) is 38.8 Å². The molecule has 1 saturated heterocycles. The van der Waals surface area contributed by atoms with Crippen LogP contribution in [0, 0.1) is 0 Å². The first kappa shape index (κ1) is 25.2. The lowest BCUT2D eigenvalue weighted by Crippen LogP contribution is -2.58. The highest BCUT2D eigenvalue weighted by molar-refractivity contribution is 6.30. The summed E-state index contributed by atoms with van der Waals surface area (Å²) >= 11 is 6.16. The zero-order valence-electron chi connectivity index (χ0n) is 20.5. The van der Waals surface area contributed by atoms with E-state index in [2.05, 4.69) is 50.9 Å². The number of nitrogens with zero attached hydrogens (tertiary/aromatic N) is 5. The third kappa shape index (κ3) is 6.34. The SMILES string of the molecule is CC.CN(C)CCN(C)c1ncc2c(n1)NC(=NCc1cccc(Cl)c1)C1(CCNCC1)N2. The molecular weight excluding hydrogens is 436 g/mol. The quantitative estimate of drug-likeness (QED) is 0.591. The second-order valence-electron chi connectivity index (χ2n) is 8.53. The standard InChI is InChI=1S/C22H31ClN8.C2H6/c1-30(2)11-12-31(3)21-26-15-18-19(28-21)27-20(22(29-18)7-9-24-10-8-22)25-14-16-5-4-6-17(23)13-16;1-2/h4-6,13,15,24,29H,7-12,14H2,1-3H3,(H,25,26,27,28);1-2H3.